The number of rotatable bonds is 10. The van der Waals surface area contributed by atoms with Crippen LogP contribution in [-0.2, 0) is 19.1 Å². The van der Waals surface area contributed by atoms with Gasteiger partial charge in [0.15, 0.2) is 0 Å². The molecule has 41 heavy (non-hydrogen) atoms. The molecule has 3 amide bonds. The zero-order valence-corrected chi connectivity index (χ0v) is 24.6. The van der Waals surface area contributed by atoms with Crippen LogP contribution in [0.15, 0.2) is 48.5 Å². The Morgan fingerprint density at radius 2 is 1.68 bits per heavy atom. The number of carbonyl (C=O) groups excluding carboxylic acids is 3. The van der Waals surface area contributed by atoms with Crippen molar-refractivity contribution in [3.8, 4) is 5.75 Å². The van der Waals surface area contributed by atoms with Crippen LogP contribution in [0.25, 0.3) is 0 Å². The number of carbonyl (C=O) groups is 3. The van der Waals surface area contributed by atoms with Crippen molar-refractivity contribution < 1.29 is 29.0 Å². The zero-order chi connectivity index (χ0) is 29.5. The summed E-state index contributed by atoms with van der Waals surface area (Å²) >= 11 is 6.04. The summed E-state index contributed by atoms with van der Waals surface area (Å²) in [6.45, 7) is 7.90. The Hall–Kier alpha value is -3.14. The zero-order valence-electron chi connectivity index (χ0n) is 23.9. The number of aliphatic hydroxyl groups excluding tert-OH is 1. The van der Waals surface area contributed by atoms with E-state index < -0.39 is 41.0 Å². The topological polar surface area (TPSA) is 117 Å². The summed E-state index contributed by atoms with van der Waals surface area (Å²) < 4.78 is 12.2. The highest BCUT2D eigenvalue weighted by Gasteiger charge is 2.78. The first-order chi connectivity index (χ1) is 19.6. The van der Waals surface area contributed by atoms with E-state index in [-0.39, 0.29) is 24.3 Å². The molecule has 3 aliphatic heterocycles. The Bertz CT molecular complexity index is 1300. The van der Waals surface area contributed by atoms with E-state index in [0.29, 0.717) is 48.0 Å². The monoisotopic (exact) mass is 583 g/mol. The van der Waals surface area contributed by atoms with Gasteiger partial charge in [0, 0.05) is 16.4 Å². The molecule has 0 saturated carbocycles. The van der Waals surface area contributed by atoms with Gasteiger partial charge in [0.2, 0.25) is 17.7 Å². The number of fused-ring (bicyclic) bond motifs is 1. The number of likely N-dealkylation sites (tertiary alicyclic amines) is 1. The lowest BCUT2D eigenvalue weighted by Crippen LogP contribution is -2.57. The normalized spacial score (nSPS) is 29.7. The van der Waals surface area contributed by atoms with E-state index in [1.54, 1.807) is 48.5 Å². The van der Waals surface area contributed by atoms with Gasteiger partial charge in [0.1, 0.15) is 17.4 Å². The Balaban J connectivity index is 1.51. The third-order valence-electron chi connectivity index (χ3n) is 9.14. The molecule has 2 bridgehead atoms. The fourth-order valence-electron chi connectivity index (χ4n) is 7.00. The second-order valence-electron chi connectivity index (χ2n) is 11.6. The Morgan fingerprint density at radius 1 is 1.07 bits per heavy atom. The van der Waals surface area contributed by atoms with Crippen molar-refractivity contribution in [3.63, 3.8) is 0 Å². The minimum absolute atomic E-state index is 0.0890. The van der Waals surface area contributed by atoms with Gasteiger partial charge in [0.25, 0.3) is 0 Å². The molecule has 3 aliphatic rings. The standard InChI is InChI=1S/C31H38ClN3O6/c1-5-18(3)23(17-36)35-26(28(38)34-20-9-7-19(32)8-10-20)31-16-15-30(4,41-31)24(25(31)29(35)39)27(37)33-21-11-13-22(14-12-21)40-6-2/h7-14,18,23-26,36H,5-6,15-17H2,1-4H3,(H,33,37)(H,34,38)/t18-,23-,24-,25-,26?,30+,31?/m0/s1. The maximum atomic E-state index is 14.4. The van der Waals surface area contributed by atoms with Crippen molar-refractivity contribution in [2.24, 2.45) is 17.8 Å². The highest BCUT2D eigenvalue weighted by molar-refractivity contribution is 6.30. The summed E-state index contributed by atoms with van der Waals surface area (Å²) in [5.41, 5.74) is -1.03. The average molecular weight is 584 g/mol. The number of amides is 3. The van der Waals surface area contributed by atoms with Gasteiger partial charge in [-0.05, 0) is 81.1 Å². The SMILES string of the molecule is CCOc1ccc(NC(=O)[C@@H]2[C@H]3C(=O)N([C@@H](CO)[C@@H](C)CC)C(C(=O)Nc4ccc(Cl)cc4)C34CC[C@@]2(C)O4)cc1. The van der Waals surface area contributed by atoms with Crippen LogP contribution in [0.3, 0.4) is 0 Å². The number of benzene rings is 2. The van der Waals surface area contributed by atoms with Crippen molar-refractivity contribution in [2.45, 2.75) is 70.2 Å². The fourth-order valence-corrected chi connectivity index (χ4v) is 7.13. The molecule has 2 aromatic rings. The summed E-state index contributed by atoms with van der Waals surface area (Å²) in [7, 11) is 0. The fraction of sp³-hybridized carbons (Fsp3) is 0.516. The van der Waals surface area contributed by atoms with Crippen molar-refractivity contribution in [1.82, 2.24) is 4.90 Å². The first-order valence-corrected chi connectivity index (χ1v) is 14.7. The number of hydrogen-bond acceptors (Lipinski definition) is 6. The van der Waals surface area contributed by atoms with Crippen molar-refractivity contribution >= 4 is 40.7 Å². The molecule has 0 radical (unpaired) electrons. The maximum Gasteiger partial charge on any atom is 0.250 e. The molecule has 5 rings (SSSR count). The molecule has 3 fully saturated rings. The number of anilines is 2. The van der Waals surface area contributed by atoms with Crippen LogP contribution in [0, 0.1) is 17.8 Å². The summed E-state index contributed by atoms with van der Waals surface area (Å²) in [6, 6.07) is 12.2. The average Bonchev–Trinajstić information content (AvgIpc) is 3.52. The van der Waals surface area contributed by atoms with E-state index in [0.717, 1.165) is 0 Å². The lowest BCUT2D eigenvalue weighted by molar-refractivity contribution is -0.148. The molecule has 3 heterocycles. The predicted octanol–water partition coefficient (Wildman–Crippen LogP) is 4.49. The van der Waals surface area contributed by atoms with Crippen molar-refractivity contribution in [3.05, 3.63) is 53.6 Å². The molecule has 3 N–H and O–H groups in total. The number of aliphatic hydroxyl groups is 1. The molecule has 0 aromatic heterocycles. The van der Waals surface area contributed by atoms with Gasteiger partial charge in [-0.15, -0.1) is 0 Å². The molecule has 2 unspecified atom stereocenters. The lowest BCUT2D eigenvalue weighted by Gasteiger charge is -2.39. The number of ether oxygens (including phenoxy) is 2. The highest BCUT2D eigenvalue weighted by Crippen LogP contribution is 2.63. The van der Waals surface area contributed by atoms with Crippen LogP contribution in [0.5, 0.6) is 5.75 Å². The third-order valence-corrected chi connectivity index (χ3v) is 9.39. The predicted molar refractivity (Wildman–Crippen MR) is 156 cm³/mol. The minimum atomic E-state index is -1.20. The van der Waals surface area contributed by atoms with Crippen LogP contribution in [0.2, 0.25) is 5.02 Å². The van der Waals surface area contributed by atoms with Gasteiger partial charge in [-0.1, -0.05) is 31.9 Å². The van der Waals surface area contributed by atoms with Gasteiger partial charge in [-0.3, -0.25) is 14.4 Å². The number of halogens is 1. The number of nitrogens with one attached hydrogen (secondary N) is 2. The molecule has 1 spiro atoms. The molecule has 9 nitrogen and oxygen atoms in total. The van der Waals surface area contributed by atoms with Gasteiger partial charge < -0.3 is 30.1 Å². The van der Waals surface area contributed by atoms with E-state index in [1.165, 1.54) is 4.90 Å². The molecule has 2 aromatic carbocycles. The largest absolute Gasteiger partial charge is 0.494 e. The summed E-state index contributed by atoms with van der Waals surface area (Å²) in [6.07, 6.45) is 1.66. The van der Waals surface area contributed by atoms with Gasteiger partial charge in [0.05, 0.1) is 36.7 Å². The number of hydrogen-bond donors (Lipinski definition) is 3. The molecular weight excluding hydrogens is 546 g/mol. The molecule has 220 valence electrons. The molecular formula is C31H38ClN3O6. The van der Waals surface area contributed by atoms with Crippen molar-refractivity contribution in [2.75, 3.05) is 23.8 Å². The lowest BCUT2D eigenvalue weighted by atomic mass is 9.66. The van der Waals surface area contributed by atoms with E-state index in [4.69, 9.17) is 21.1 Å². The number of nitrogens with zero attached hydrogens (tertiary/aromatic N) is 1. The molecule has 10 heteroatoms. The second-order valence-corrected chi connectivity index (χ2v) is 12.0. The molecule has 3 saturated heterocycles. The summed E-state index contributed by atoms with van der Waals surface area (Å²) in [4.78, 5) is 43.8. The maximum absolute atomic E-state index is 14.4. The minimum Gasteiger partial charge on any atom is -0.494 e. The summed E-state index contributed by atoms with van der Waals surface area (Å²) in [5, 5.41) is 16.9. The van der Waals surface area contributed by atoms with Gasteiger partial charge in [-0.2, -0.15) is 0 Å². The summed E-state index contributed by atoms with van der Waals surface area (Å²) in [5.74, 6) is -2.17. The van der Waals surface area contributed by atoms with Gasteiger partial charge in [-0.25, -0.2) is 0 Å². The van der Waals surface area contributed by atoms with Crippen molar-refractivity contribution in [1.29, 1.82) is 0 Å². The third kappa shape index (κ3) is 4.98. The van der Waals surface area contributed by atoms with Gasteiger partial charge >= 0.3 is 0 Å². The van der Waals surface area contributed by atoms with Crippen LogP contribution >= 0.6 is 11.6 Å². The van der Waals surface area contributed by atoms with Crippen LogP contribution < -0.4 is 15.4 Å². The first-order valence-electron chi connectivity index (χ1n) is 14.3. The smallest absolute Gasteiger partial charge is 0.250 e. The first kappa shape index (κ1) is 29.4. The van der Waals surface area contributed by atoms with E-state index in [9.17, 15) is 19.5 Å². The molecule has 0 aliphatic carbocycles. The quantitative estimate of drug-likeness (QED) is 0.379. The van der Waals surface area contributed by atoms with E-state index in [2.05, 4.69) is 10.6 Å². The van der Waals surface area contributed by atoms with Crippen LogP contribution in [-0.4, -0.2) is 64.2 Å². The van der Waals surface area contributed by atoms with Crippen LogP contribution in [0.1, 0.15) is 47.0 Å². The Labute approximate surface area is 245 Å². The second kappa shape index (κ2) is 11.3. The van der Waals surface area contributed by atoms with E-state index in [1.807, 2.05) is 27.7 Å². The Kier molecular flexibility index (Phi) is 8.07. The molecule has 7 atom stereocenters. The highest BCUT2D eigenvalue weighted by atomic mass is 35.5. The van der Waals surface area contributed by atoms with Crippen LogP contribution in [0.4, 0.5) is 11.4 Å². The van der Waals surface area contributed by atoms with E-state index >= 15 is 0 Å². The Morgan fingerprint density at radius 3 is 2.27 bits per heavy atom.